The average molecular weight is 474 g/mol. The molecule has 3 N–H and O–H groups in total. The van der Waals surface area contributed by atoms with Gasteiger partial charge in [-0.15, -0.1) is 24.5 Å². The lowest BCUT2D eigenvalue weighted by molar-refractivity contribution is -0.274. The lowest BCUT2D eigenvalue weighted by atomic mass is 9.99. The predicted molar refractivity (Wildman–Crippen MR) is 113 cm³/mol. The number of hydrogen-bond donors (Lipinski definition) is 2. The van der Waals surface area contributed by atoms with E-state index in [0.717, 1.165) is 24.3 Å². The minimum Gasteiger partial charge on any atom is -0.406 e. The van der Waals surface area contributed by atoms with Gasteiger partial charge in [-0.1, -0.05) is 23.4 Å². The number of carbonyl (C=O) groups excluding carboxylic acids is 2. The Kier molecular flexibility index (Phi) is 5.84. The number of halogens is 3. The molecule has 0 radical (unpaired) electrons. The van der Waals surface area contributed by atoms with Crippen LogP contribution in [0.25, 0.3) is 21.8 Å². The number of nitrogens with zero attached hydrogens (tertiary/aromatic N) is 2. The van der Waals surface area contributed by atoms with Gasteiger partial charge in [0.25, 0.3) is 5.91 Å². The molecule has 168 valence electrons. The average Bonchev–Trinajstić information content (AvgIpc) is 3.43. The molecule has 12 heteroatoms. The van der Waals surface area contributed by atoms with Crippen molar-refractivity contribution in [3.63, 3.8) is 0 Å². The van der Waals surface area contributed by atoms with Crippen LogP contribution in [-0.4, -0.2) is 28.3 Å². The third-order valence-corrected chi connectivity index (χ3v) is 5.15. The van der Waals surface area contributed by atoms with Crippen LogP contribution in [0.5, 0.6) is 5.75 Å². The highest BCUT2D eigenvalue weighted by Gasteiger charge is 2.31. The number of nitrogens with one attached hydrogen (secondary N) is 1. The third kappa shape index (κ3) is 4.85. The molecule has 8 nitrogen and oxygen atoms in total. The van der Waals surface area contributed by atoms with Crippen molar-refractivity contribution in [2.45, 2.75) is 6.36 Å². The van der Waals surface area contributed by atoms with E-state index in [9.17, 15) is 22.8 Å². The minimum absolute atomic E-state index is 0.0332. The van der Waals surface area contributed by atoms with Crippen molar-refractivity contribution in [1.29, 1.82) is 0 Å². The summed E-state index contributed by atoms with van der Waals surface area (Å²) < 4.78 is 46.2. The molecule has 4 rings (SSSR count). The summed E-state index contributed by atoms with van der Waals surface area (Å²) in [7, 11) is 0. The summed E-state index contributed by atoms with van der Waals surface area (Å²) in [5.74, 6) is -1.95. The van der Waals surface area contributed by atoms with Crippen LogP contribution >= 0.6 is 11.3 Å². The van der Waals surface area contributed by atoms with Crippen molar-refractivity contribution in [2.75, 3.05) is 5.32 Å². The fourth-order valence-corrected chi connectivity index (χ4v) is 3.63. The zero-order valence-electron chi connectivity index (χ0n) is 16.4. The van der Waals surface area contributed by atoms with Crippen LogP contribution in [0.2, 0.25) is 0 Å². The molecule has 0 spiro atoms. The number of nitrogens with two attached hydrogens (primary N) is 1. The number of anilines is 1. The van der Waals surface area contributed by atoms with Crippen LogP contribution in [0, 0.1) is 0 Å². The van der Waals surface area contributed by atoms with Gasteiger partial charge in [-0.2, -0.15) is 0 Å². The molecule has 2 amide bonds. The Morgan fingerprint density at radius 3 is 2.45 bits per heavy atom. The summed E-state index contributed by atoms with van der Waals surface area (Å²) in [6.45, 7) is 0. The highest BCUT2D eigenvalue weighted by atomic mass is 32.1. The standard InChI is InChI=1S/C21H13F3N4O4S/c22-21(23,24)31-12-7-5-11(6-8-12)18(30)27-19-15(13-3-1-2-4-14(13)17(25)29)16(28-32-19)20-26-9-10-33-20/h1-10H,(H2,25,29)(H,27,30). The zero-order chi connectivity index (χ0) is 23.6. The first-order valence-electron chi connectivity index (χ1n) is 9.19. The molecule has 4 aromatic rings. The molecule has 2 aromatic heterocycles. The Hall–Kier alpha value is -4.19. The van der Waals surface area contributed by atoms with Gasteiger partial charge < -0.3 is 15.0 Å². The Labute approximate surface area is 187 Å². The molecule has 0 unspecified atom stereocenters. The van der Waals surface area contributed by atoms with Gasteiger partial charge in [0.05, 0.1) is 5.56 Å². The van der Waals surface area contributed by atoms with Gasteiger partial charge in [0.2, 0.25) is 11.8 Å². The first kappa shape index (κ1) is 22.0. The number of thiazole rings is 1. The van der Waals surface area contributed by atoms with Crippen molar-refractivity contribution >= 4 is 29.0 Å². The number of ether oxygens (including phenoxy) is 1. The molecule has 0 fully saturated rings. The molecule has 0 aliphatic rings. The first-order chi connectivity index (χ1) is 15.7. The summed E-state index contributed by atoms with van der Waals surface area (Å²) >= 11 is 1.27. The van der Waals surface area contributed by atoms with Gasteiger partial charge in [0, 0.05) is 28.3 Å². The van der Waals surface area contributed by atoms with E-state index in [-0.39, 0.29) is 28.3 Å². The number of rotatable bonds is 6. The second-order valence-corrected chi connectivity index (χ2v) is 7.40. The molecular formula is C21H13F3N4O4S. The number of benzene rings is 2. The predicted octanol–water partition coefficient (Wildman–Crippen LogP) is 4.71. The van der Waals surface area contributed by atoms with E-state index >= 15 is 0 Å². The molecule has 0 atom stereocenters. The van der Waals surface area contributed by atoms with E-state index in [0.29, 0.717) is 10.6 Å². The zero-order valence-corrected chi connectivity index (χ0v) is 17.2. The number of hydrogen-bond acceptors (Lipinski definition) is 7. The molecule has 0 saturated carbocycles. The monoisotopic (exact) mass is 474 g/mol. The first-order valence-corrected chi connectivity index (χ1v) is 10.1. The number of aromatic nitrogens is 2. The van der Waals surface area contributed by atoms with Gasteiger partial charge in [0.15, 0.2) is 5.69 Å². The van der Waals surface area contributed by atoms with Crippen LogP contribution in [0.15, 0.2) is 64.6 Å². The molecule has 2 aromatic carbocycles. The Morgan fingerprint density at radius 1 is 1.09 bits per heavy atom. The SMILES string of the molecule is NC(=O)c1ccccc1-c1c(-c2nccs2)noc1NC(=O)c1ccc(OC(F)(F)F)cc1. The second-order valence-electron chi connectivity index (χ2n) is 6.51. The molecule has 33 heavy (non-hydrogen) atoms. The minimum atomic E-state index is -4.85. The topological polar surface area (TPSA) is 120 Å². The van der Waals surface area contributed by atoms with Gasteiger partial charge in [-0.25, -0.2) is 4.98 Å². The number of amides is 2. The summed E-state index contributed by atoms with van der Waals surface area (Å²) in [4.78, 5) is 28.9. The maximum atomic E-state index is 12.7. The fraction of sp³-hybridized carbons (Fsp3) is 0.0476. The summed E-state index contributed by atoms with van der Waals surface area (Å²) in [5.41, 5.74) is 6.63. The lowest BCUT2D eigenvalue weighted by Crippen LogP contribution is -2.17. The summed E-state index contributed by atoms with van der Waals surface area (Å²) in [6, 6.07) is 10.8. The lowest BCUT2D eigenvalue weighted by Gasteiger charge is -2.10. The van der Waals surface area contributed by atoms with Crippen LogP contribution in [0.3, 0.4) is 0 Å². The molecule has 2 heterocycles. The molecular weight excluding hydrogens is 461 g/mol. The van der Waals surface area contributed by atoms with E-state index in [1.165, 1.54) is 17.4 Å². The number of carbonyl (C=O) groups is 2. The highest BCUT2D eigenvalue weighted by Crippen LogP contribution is 2.40. The number of alkyl halides is 3. The Balaban J connectivity index is 1.71. The van der Waals surface area contributed by atoms with Crippen LogP contribution in [0.4, 0.5) is 19.1 Å². The van der Waals surface area contributed by atoms with Crippen LogP contribution in [-0.2, 0) is 0 Å². The molecule has 0 saturated heterocycles. The maximum Gasteiger partial charge on any atom is 0.573 e. The number of primary amides is 1. The van der Waals surface area contributed by atoms with Gasteiger partial charge in [0.1, 0.15) is 10.8 Å². The van der Waals surface area contributed by atoms with Gasteiger partial charge in [-0.05, 0) is 30.3 Å². The van der Waals surface area contributed by atoms with E-state index < -0.39 is 23.9 Å². The normalized spacial score (nSPS) is 11.2. The van der Waals surface area contributed by atoms with Crippen molar-refractivity contribution < 1.29 is 32.0 Å². The van der Waals surface area contributed by atoms with Gasteiger partial charge >= 0.3 is 6.36 Å². The van der Waals surface area contributed by atoms with Gasteiger partial charge in [-0.3, -0.25) is 14.9 Å². The summed E-state index contributed by atoms with van der Waals surface area (Å²) in [5, 5.41) is 8.73. The van der Waals surface area contributed by atoms with Crippen LogP contribution in [0.1, 0.15) is 20.7 Å². The van der Waals surface area contributed by atoms with E-state index in [1.54, 1.807) is 29.8 Å². The highest BCUT2D eigenvalue weighted by molar-refractivity contribution is 7.13. The third-order valence-electron chi connectivity index (χ3n) is 4.37. The second kappa shape index (κ2) is 8.74. The Bertz CT molecular complexity index is 1300. The van der Waals surface area contributed by atoms with Crippen molar-refractivity contribution in [2.24, 2.45) is 5.73 Å². The maximum absolute atomic E-state index is 12.7. The quantitative estimate of drug-likeness (QED) is 0.417. The Morgan fingerprint density at radius 2 is 1.82 bits per heavy atom. The summed E-state index contributed by atoms with van der Waals surface area (Å²) in [6.07, 6.45) is -3.29. The largest absolute Gasteiger partial charge is 0.573 e. The smallest absolute Gasteiger partial charge is 0.406 e. The molecule has 0 bridgehead atoms. The molecule has 0 aliphatic heterocycles. The molecule has 0 aliphatic carbocycles. The van der Waals surface area contributed by atoms with Crippen molar-refractivity contribution in [1.82, 2.24) is 10.1 Å². The fourth-order valence-electron chi connectivity index (χ4n) is 3.01. The van der Waals surface area contributed by atoms with E-state index in [1.807, 2.05) is 0 Å². The van der Waals surface area contributed by atoms with Crippen molar-refractivity contribution in [3.8, 4) is 27.6 Å². The van der Waals surface area contributed by atoms with E-state index in [2.05, 4.69) is 20.2 Å². The van der Waals surface area contributed by atoms with Crippen molar-refractivity contribution in [3.05, 3.63) is 71.2 Å². The van der Waals surface area contributed by atoms with E-state index in [4.69, 9.17) is 10.3 Å². The van der Waals surface area contributed by atoms with Crippen LogP contribution < -0.4 is 15.8 Å².